The van der Waals surface area contributed by atoms with Gasteiger partial charge >= 0.3 is 11.8 Å². The topological polar surface area (TPSA) is 83.5 Å². The molecule has 1 aromatic carbocycles. The summed E-state index contributed by atoms with van der Waals surface area (Å²) < 4.78 is 0. The molecule has 0 aliphatic carbocycles. The van der Waals surface area contributed by atoms with E-state index in [2.05, 4.69) is 20.8 Å². The lowest BCUT2D eigenvalue weighted by Crippen LogP contribution is -2.32. The van der Waals surface area contributed by atoms with Crippen LogP contribution in [-0.4, -0.2) is 23.0 Å². The molecule has 1 aromatic heterocycles. The maximum atomic E-state index is 11.7. The molecule has 112 valence electrons. The third-order valence-electron chi connectivity index (χ3n) is 2.38. The third-order valence-corrected chi connectivity index (χ3v) is 2.81. The van der Waals surface area contributed by atoms with Crippen molar-refractivity contribution in [3.63, 3.8) is 0 Å². The molecule has 22 heavy (non-hydrogen) atoms. The van der Waals surface area contributed by atoms with E-state index < -0.39 is 11.8 Å². The molecule has 0 saturated heterocycles. The second-order valence-electron chi connectivity index (χ2n) is 4.07. The van der Waals surface area contributed by atoms with Gasteiger partial charge in [0.25, 0.3) is 0 Å². The van der Waals surface area contributed by atoms with Crippen LogP contribution in [-0.2, 0) is 9.59 Å². The Morgan fingerprint density at radius 1 is 1.09 bits per heavy atom. The van der Waals surface area contributed by atoms with Crippen LogP contribution in [0.1, 0.15) is 5.69 Å². The summed E-state index contributed by atoms with van der Waals surface area (Å²) >= 11 is 11.6. The molecular weight excluding hydrogens is 327 g/mol. The van der Waals surface area contributed by atoms with Gasteiger partial charge in [0.05, 0.1) is 11.9 Å². The first-order valence-electron chi connectivity index (χ1n) is 6.06. The van der Waals surface area contributed by atoms with E-state index in [1.807, 2.05) is 0 Å². The van der Waals surface area contributed by atoms with Gasteiger partial charge in [-0.05, 0) is 30.3 Å². The first-order chi connectivity index (χ1) is 10.5. The molecule has 8 heteroatoms. The fraction of sp³-hybridized carbons (Fsp3) is 0. The molecule has 2 aromatic rings. The Kier molecular flexibility index (Phi) is 5.46. The van der Waals surface area contributed by atoms with Crippen LogP contribution in [0, 0.1) is 0 Å². The first-order valence-corrected chi connectivity index (χ1v) is 6.82. The number of rotatable bonds is 3. The molecule has 2 rings (SSSR count). The van der Waals surface area contributed by atoms with Gasteiger partial charge in [0.15, 0.2) is 0 Å². The van der Waals surface area contributed by atoms with Gasteiger partial charge in [0.2, 0.25) is 0 Å². The summed E-state index contributed by atoms with van der Waals surface area (Å²) in [7, 11) is 0. The summed E-state index contributed by atoms with van der Waals surface area (Å²) in [6, 6.07) is 9.66. The summed E-state index contributed by atoms with van der Waals surface area (Å²) in [6.07, 6.45) is 2.90. The maximum Gasteiger partial charge on any atom is 0.329 e. The zero-order valence-corrected chi connectivity index (χ0v) is 12.6. The Morgan fingerprint density at radius 2 is 1.82 bits per heavy atom. The van der Waals surface area contributed by atoms with Crippen LogP contribution in [0.4, 0.5) is 5.69 Å². The fourth-order valence-corrected chi connectivity index (χ4v) is 2.00. The van der Waals surface area contributed by atoms with Gasteiger partial charge in [-0.15, -0.1) is 0 Å². The number of pyridine rings is 1. The summed E-state index contributed by atoms with van der Waals surface area (Å²) in [5.41, 5.74) is 2.95. The first kappa shape index (κ1) is 15.9. The lowest BCUT2D eigenvalue weighted by atomic mass is 10.3. The standard InChI is InChI=1S/C14H10Cl2N4O2/c15-9-5-10(16)7-12(6-9)19-13(21)14(22)20-18-8-11-3-1-2-4-17-11/h1-8H,(H,19,21)(H,20,22)/b18-8-. The van der Waals surface area contributed by atoms with Gasteiger partial charge in [-0.1, -0.05) is 29.3 Å². The number of amides is 2. The Bertz CT molecular complexity index is 700. The molecule has 2 N–H and O–H groups in total. The predicted octanol–water partition coefficient (Wildman–Crippen LogP) is 2.48. The molecule has 0 saturated carbocycles. The van der Waals surface area contributed by atoms with Crippen LogP contribution in [0.15, 0.2) is 47.7 Å². The summed E-state index contributed by atoms with van der Waals surface area (Å²) in [5.74, 6) is -1.82. The largest absolute Gasteiger partial charge is 0.329 e. The number of hydrogen-bond donors (Lipinski definition) is 2. The monoisotopic (exact) mass is 336 g/mol. The minimum Gasteiger partial charge on any atom is -0.318 e. The molecule has 0 aliphatic heterocycles. The zero-order chi connectivity index (χ0) is 15.9. The molecule has 6 nitrogen and oxygen atoms in total. The second-order valence-corrected chi connectivity index (χ2v) is 4.94. The van der Waals surface area contributed by atoms with Crippen molar-refractivity contribution in [2.24, 2.45) is 5.10 Å². The fourth-order valence-electron chi connectivity index (χ4n) is 1.47. The number of anilines is 1. The van der Waals surface area contributed by atoms with Crippen molar-refractivity contribution in [3.8, 4) is 0 Å². The van der Waals surface area contributed by atoms with E-state index >= 15 is 0 Å². The Morgan fingerprint density at radius 3 is 2.45 bits per heavy atom. The van der Waals surface area contributed by atoms with Crippen LogP contribution in [0.2, 0.25) is 10.0 Å². The molecule has 0 fully saturated rings. The highest BCUT2D eigenvalue weighted by molar-refractivity contribution is 6.40. The van der Waals surface area contributed by atoms with Crippen molar-refractivity contribution in [1.29, 1.82) is 0 Å². The molecule has 0 radical (unpaired) electrons. The van der Waals surface area contributed by atoms with Gasteiger partial charge in [-0.3, -0.25) is 14.6 Å². The van der Waals surface area contributed by atoms with Gasteiger partial charge in [0.1, 0.15) is 0 Å². The lowest BCUT2D eigenvalue weighted by molar-refractivity contribution is -0.136. The Hall–Kier alpha value is -2.44. The van der Waals surface area contributed by atoms with E-state index in [1.165, 1.54) is 24.4 Å². The minimum absolute atomic E-state index is 0.311. The molecule has 0 bridgehead atoms. The maximum absolute atomic E-state index is 11.7. The summed E-state index contributed by atoms with van der Waals surface area (Å²) in [6.45, 7) is 0. The van der Waals surface area contributed by atoms with Gasteiger partial charge < -0.3 is 5.32 Å². The van der Waals surface area contributed by atoms with Crippen molar-refractivity contribution >= 4 is 46.9 Å². The number of nitrogens with one attached hydrogen (secondary N) is 2. The van der Waals surface area contributed by atoms with Crippen molar-refractivity contribution < 1.29 is 9.59 Å². The van der Waals surface area contributed by atoms with E-state index in [-0.39, 0.29) is 0 Å². The number of carbonyl (C=O) groups is 2. The molecular formula is C14H10Cl2N4O2. The van der Waals surface area contributed by atoms with Crippen LogP contribution in [0.3, 0.4) is 0 Å². The normalized spacial score (nSPS) is 10.5. The number of halogens is 2. The number of benzene rings is 1. The molecule has 2 amide bonds. The Labute approximate surface area is 136 Å². The van der Waals surface area contributed by atoms with Gasteiger partial charge in [0, 0.05) is 21.9 Å². The highest BCUT2D eigenvalue weighted by Gasteiger charge is 2.13. The van der Waals surface area contributed by atoms with Crippen molar-refractivity contribution in [3.05, 3.63) is 58.3 Å². The molecule has 0 spiro atoms. The summed E-state index contributed by atoms with van der Waals surface area (Å²) in [5, 5.41) is 6.69. The van der Waals surface area contributed by atoms with Crippen molar-refractivity contribution in [2.45, 2.75) is 0 Å². The highest BCUT2D eigenvalue weighted by atomic mass is 35.5. The second kappa shape index (κ2) is 7.53. The van der Waals surface area contributed by atoms with Gasteiger partial charge in [-0.2, -0.15) is 5.10 Å². The Balaban J connectivity index is 1.92. The lowest BCUT2D eigenvalue weighted by Gasteiger charge is -2.05. The van der Waals surface area contributed by atoms with Crippen molar-refractivity contribution in [1.82, 2.24) is 10.4 Å². The van der Waals surface area contributed by atoms with Crippen LogP contribution >= 0.6 is 23.2 Å². The van der Waals surface area contributed by atoms with E-state index in [0.717, 1.165) is 0 Å². The molecule has 0 unspecified atom stereocenters. The van der Waals surface area contributed by atoms with Crippen LogP contribution in [0.25, 0.3) is 0 Å². The number of carbonyl (C=O) groups excluding carboxylic acids is 2. The smallest absolute Gasteiger partial charge is 0.318 e. The zero-order valence-electron chi connectivity index (χ0n) is 11.1. The predicted molar refractivity (Wildman–Crippen MR) is 85.1 cm³/mol. The minimum atomic E-state index is -0.928. The quantitative estimate of drug-likeness (QED) is 0.513. The summed E-state index contributed by atoms with van der Waals surface area (Å²) in [4.78, 5) is 27.2. The average Bonchev–Trinajstić information content (AvgIpc) is 2.47. The number of aromatic nitrogens is 1. The van der Waals surface area contributed by atoms with E-state index in [9.17, 15) is 9.59 Å². The molecule has 0 aliphatic rings. The van der Waals surface area contributed by atoms with Crippen LogP contribution in [0.5, 0.6) is 0 Å². The highest BCUT2D eigenvalue weighted by Crippen LogP contribution is 2.22. The van der Waals surface area contributed by atoms with E-state index in [1.54, 1.807) is 24.4 Å². The number of hydrogen-bond acceptors (Lipinski definition) is 4. The number of nitrogens with zero attached hydrogens (tertiary/aromatic N) is 2. The van der Waals surface area contributed by atoms with Gasteiger partial charge in [-0.25, -0.2) is 5.43 Å². The average molecular weight is 337 g/mol. The van der Waals surface area contributed by atoms with E-state index in [0.29, 0.717) is 21.4 Å². The molecule has 0 atom stereocenters. The third kappa shape index (κ3) is 4.83. The number of hydrazone groups is 1. The molecule has 1 heterocycles. The SMILES string of the molecule is O=C(N/N=C\c1ccccn1)C(=O)Nc1cc(Cl)cc(Cl)c1. The van der Waals surface area contributed by atoms with Crippen molar-refractivity contribution in [2.75, 3.05) is 5.32 Å². The van der Waals surface area contributed by atoms with E-state index in [4.69, 9.17) is 23.2 Å². The van der Waals surface area contributed by atoms with Crippen LogP contribution < -0.4 is 10.7 Å².